The summed E-state index contributed by atoms with van der Waals surface area (Å²) in [5.74, 6) is 0.304. The molecule has 3 N–H and O–H groups in total. The summed E-state index contributed by atoms with van der Waals surface area (Å²) in [5, 5.41) is 21.6. The Morgan fingerprint density at radius 1 is 1.11 bits per heavy atom. The van der Waals surface area contributed by atoms with Crippen molar-refractivity contribution >= 4 is 5.91 Å². The van der Waals surface area contributed by atoms with Crippen molar-refractivity contribution in [2.75, 3.05) is 0 Å². The lowest BCUT2D eigenvalue weighted by Crippen LogP contribution is -2.37. The molecule has 4 nitrogen and oxygen atoms in total. The van der Waals surface area contributed by atoms with E-state index in [1.807, 2.05) is 0 Å². The summed E-state index contributed by atoms with van der Waals surface area (Å²) in [6.45, 7) is 2.23. The number of hydrogen-bond donors (Lipinski definition) is 3. The van der Waals surface area contributed by atoms with E-state index in [1.54, 1.807) is 0 Å². The summed E-state index contributed by atoms with van der Waals surface area (Å²) in [7, 11) is 0. The second-order valence-corrected chi connectivity index (χ2v) is 5.17. The molecule has 0 saturated heterocycles. The van der Waals surface area contributed by atoms with Crippen LogP contribution in [0.25, 0.3) is 0 Å². The Morgan fingerprint density at radius 2 is 1.67 bits per heavy atom. The molecule has 0 spiro atoms. The molecule has 18 heavy (non-hydrogen) atoms. The number of benzene rings is 1. The van der Waals surface area contributed by atoms with Crippen LogP contribution in [0.1, 0.15) is 43.0 Å². The predicted molar refractivity (Wildman–Crippen MR) is 68.7 cm³/mol. The highest BCUT2D eigenvalue weighted by atomic mass is 16.3. The highest BCUT2D eigenvalue weighted by molar-refractivity contribution is 5.95. The Bertz CT molecular complexity index is 416. The van der Waals surface area contributed by atoms with Crippen molar-refractivity contribution in [3.8, 4) is 11.5 Å². The van der Waals surface area contributed by atoms with E-state index in [2.05, 4.69) is 12.2 Å². The number of amides is 1. The van der Waals surface area contributed by atoms with Gasteiger partial charge in [-0.1, -0.05) is 6.92 Å². The third-order valence-corrected chi connectivity index (χ3v) is 3.52. The molecule has 0 aliphatic heterocycles. The van der Waals surface area contributed by atoms with Crippen molar-refractivity contribution in [2.24, 2.45) is 5.92 Å². The fraction of sp³-hybridized carbons (Fsp3) is 0.500. The van der Waals surface area contributed by atoms with Gasteiger partial charge in [-0.3, -0.25) is 4.79 Å². The highest BCUT2D eigenvalue weighted by Crippen LogP contribution is 2.24. The van der Waals surface area contributed by atoms with Crippen LogP contribution in [0.2, 0.25) is 0 Å². The third-order valence-electron chi connectivity index (χ3n) is 3.52. The van der Waals surface area contributed by atoms with E-state index >= 15 is 0 Å². The number of nitrogens with one attached hydrogen (secondary N) is 1. The van der Waals surface area contributed by atoms with Gasteiger partial charge in [0.05, 0.1) is 0 Å². The number of phenols is 2. The van der Waals surface area contributed by atoms with E-state index in [0.29, 0.717) is 5.56 Å². The molecule has 98 valence electrons. The van der Waals surface area contributed by atoms with Gasteiger partial charge in [-0.2, -0.15) is 0 Å². The summed E-state index contributed by atoms with van der Waals surface area (Å²) < 4.78 is 0. The van der Waals surface area contributed by atoms with Gasteiger partial charge in [0.2, 0.25) is 0 Å². The zero-order valence-corrected chi connectivity index (χ0v) is 10.5. The van der Waals surface area contributed by atoms with Crippen LogP contribution in [0.3, 0.4) is 0 Å². The summed E-state index contributed by atoms with van der Waals surface area (Å²) in [6, 6.07) is 4.14. The first kappa shape index (κ1) is 12.7. The fourth-order valence-electron chi connectivity index (χ4n) is 2.40. The number of carbonyl (C=O) groups is 1. The lowest BCUT2D eigenvalue weighted by Gasteiger charge is -2.26. The molecular formula is C14H19NO3. The molecular weight excluding hydrogens is 230 g/mol. The van der Waals surface area contributed by atoms with Crippen LogP contribution in [0.4, 0.5) is 0 Å². The van der Waals surface area contributed by atoms with Gasteiger partial charge in [-0.15, -0.1) is 0 Å². The van der Waals surface area contributed by atoms with Crippen LogP contribution >= 0.6 is 0 Å². The maximum Gasteiger partial charge on any atom is 0.251 e. The maximum atomic E-state index is 12.0. The van der Waals surface area contributed by atoms with Crippen molar-refractivity contribution in [1.82, 2.24) is 5.32 Å². The Labute approximate surface area is 107 Å². The number of hydrogen-bond acceptors (Lipinski definition) is 3. The number of rotatable bonds is 2. The summed E-state index contributed by atoms with van der Waals surface area (Å²) in [4.78, 5) is 12.0. The first-order valence-electron chi connectivity index (χ1n) is 6.38. The van der Waals surface area contributed by atoms with Gasteiger partial charge in [-0.25, -0.2) is 0 Å². The molecule has 4 heteroatoms. The average Bonchev–Trinajstić information content (AvgIpc) is 2.31. The molecule has 1 aliphatic rings. The standard InChI is InChI=1S/C14H19NO3/c1-9-2-4-11(5-3-9)15-14(18)10-6-12(16)8-13(17)7-10/h6-9,11,16-17H,2-5H2,1H3,(H,15,18). The molecule has 1 aromatic carbocycles. The molecule has 0 radical (unpaired) electrons. The molecule has 0 aromatic heterocycles. The first-order valence-corrected chi connectivity index (χ1v) is 6.38. The van der Waals surface area contributed by atoms with Crippen LogP contribution in [0, 0.1) is 5.92 Å². The van der Waals surface area contributed by atoms with Crippen molar-refractivity contribution in [3.05, 3.63) is 23.8 Å². The van der Waals surface area contributed by atoms with E-state index in [0.717, 1.165) is 31.6 Å². The Morgan fingerprint density at radius 3 is 2.22 bits per heavy atom. The molecule has 1 aromatic rings. The zero-order valence-electron chi connectivity index (χ0n) is 10.5. The van der Waals surface area contributed by atoms with Gasteiger partial charge >= 0.3 is 0 Å². The van der Waals surface area contributed by atoms with Crippen LogP contribution in [0.5, 0.6) is 11.5 Å². The van der Waals surface area contributed by atoms with Crippen molar-refractivity contribution in [3.63, 3.8) is 0 Å². The van der Waals surface area contributed by atoms with Gasteiger partial charge in [0.15, 0.2) is 0 Å². The second kappa shape index (κ2) is 5.29. The minimum absolute atomic E-state index is 0.0996. The summed E-state index contributed by atoms with van der Waals surface area (Å²) in [6.07, 6.45) is 4.27. The highest BCUT2D eigenvalue weighted by Gasteiger charge is 2.20. The SMILES string of the molecule is CC1CCC(NC(=O)c2cc(O)cc(O)c2)CC1. The van der Waals surface area contributed by atoms with Gasteiger partial charge in [0, 0.05) is 17.7 Å². The molecule has 1 fully saturated rings. The topological polar surface area (TPSA) is 69.6 Å². The number of aromatic hydroxyl groups is 2. The molecule has 0 atom stereocenters. The third kappa shape index (κ3) is 3.15. The van der Waals surface area contributed by atoms with Crippen molar-refractivity contribution in [1.29, 1.82) is 0 Å². The van der Waals surface area contributed by atoms with Crippen molar-refractivity contribution < 1.29 is 15.0 Å². The zero-order chi connectivity index (χ0) is 13.1. The quantitative estimate of drug-likeness (QED) is 0.753. The summed E-state index contributed by atoms with van der Waals surface area (Å²) >= 11 is 0. The number of phenolic OH excluding ortho intramolecular Hbond substituents is 2. The van der Waals surface area contributed by atoms with Crippen LogP contribution in [0.15, 0.2) is 18.2 Å². The van der Waals surface area contributed by atoms with Crippen LogP contribution < -0.4 is 5.32 Å². The molecule has 1 aliphatic carbocycles. The molecule has 1 amide bonds. The molecule has 0 bridgehead atoms. The predicted octanol–water partition coefficient (Wildman–Crippen LogP) is 2.41. The van der Waals surface area contributed by atoms with E-state index in [4.69, 9.17) is 0 Å². The van der Waals surface area contributed by atoms with E-state index < -0.39 is 0 Å². The second-order valence-electron chi connectivity index (χ2n) is 5.17. The Balaban J connectivity index is 1.99. The molecule has 0 unspecified atom stereocenters. The van der Waals surface area contributed by atoms with E-state index in [-0.39, 0.29) is 23.4 Å². The largest absolute Gasteiger partial charge is 0.508 e. The van der Waals surface area contributed by atoms with E-state index in [1.165, 1.54) is 18.2 Å². The normalized spacial score (nSPS) is 23.6. The maximum absolute atomic E-state index is 12.0. The smallest absolute Gasteiger partial charge is 0.251 e. The Hall–Kier alpha value is -1.71. The van der Waals surface area contributed by atoms with Crippen molar-refractivity contribution in [2.45, 2.75) is 38.6 Å². The minimum atomic E-state index is -0.235. The van der Waals surface area contributed by atoms with E-state index in [9.17, 15) is 15.0 Å². The van der Waals surface area contributed by atoms with Crippen LogP contribution in [-0.4, -0.2) is 22.2 Å². The lowest BCUT2D eigenvalue weighted by molar-refractivity contribution is 0.0922. The van der Waals surface area contributed by atoms with Gasteiger partial charge < -0.3 is 15.5 Å². The first-order chi connectivity index (χ1) is 8.54. The monoisotopic (exact) mass is 249 g/mol. The Kier molecular flexibility index (Phi) is 3.75. The molecule has 2 rings (SSSR count). The molecule has 1 saturated carbocycles. The molecule has 0 heterocycles. The van der Waals surface area contributed by atoms with Crippen LogP contribution in [-0.2, 0) is 0 Å². The van der Waals surface area contributed by atoms with Gasteiger partial charge in [-0.05, 0) is 43.7 Å². The summed E-state index contributed by atoms with van der Waals surface area (Å²) in [5.41, 5.74) is 0.297. The number of carbonyl (C=O) groups excluding carboxylic acids is 1. The average molecular weight is 249 g/mol. The lowest BCUT2D eigenvalue weighted by atomic mass is 9.87. The van der Waals surface area contributed by atoms with Gasteiger partial charge in [0.25, 0.3) is 5.91 Å². The minimum Gasteiger partial charge on any atom is -0.508 e. The van der Waals surface area contributed by atoms with Gasteiger partial charge in [0.1, 0.15) is 11.5 Å². The fourth-order valence-corrected chi connectivity index (χ4v) is 2.40.